The maximum Gasteiger partial charge on any atom is 0.410 e. The van der Waals surface area contributed by atoms with Crippen LogP contribution >= 0.6 is 0 Å². The van der Waals surface area contributed by atoms with Crippen LogP contribution < -0.4 is 0 Å². The van der Waals surface area contributed by atoms with E-state index in [4.69, 9.17) is 4.74 Å². The molecule has 1 amide bonds. The summed E-state index contributed by atoms with van der Waals surface area (Å²) in [6.07, 6.45) is 7.57. The second kappa shape index (κ2) is 4.51. The van der Waals surface area contributed by atoms with Gasteiger partial charge in [-0.05, 0) is 45.4 Å². The van der Waals surface area contributed by atoms with Gasteiger partial charge in [0.15, 0.2) is 0 Å². The van der Waals surface area contributed by atoms with E-state index in [0.717, 1.165) is 13.0 Å². The van der Waals surface area contributed by atoms with Crippen LogP contribution in [-0.2, 0) is 4.74 Å². The zero-order valence-corrected chi connectivity index (χ0v) is 11.4. The first-order valence-electron chi connectivity index (χ1n) is 6.98. The van der Waals surface area contributed by atoms with Crippen molar-refractivity contribution < 1.29 is 9.53 Å². The van der Waals surface area contributed by atoms with E-state index in [1.54, 1.807) is 0 Å². The molecule has 0 bridgehead atoms. The number of hydrogen-bond acceptors (Lipinski definition) is 2. The Morgan fingerprint density at radius 1 is 1.18 bits per heavy atom. The fourth-order valence-electron chi connectivity index (χ4n) is 3.81. The van der Waals surface area contributed by atoms with Gasteiger partial charge < -0.3 is 9.64 Å². The van der Waals surface area contributed by atoms with Gasteiger partial charge in [0.2, 0.25) is 0 Å². The summed E-state index contributed by atoms with van der Waals surface area (Å²) >= 11 is 0. The zero-order chi connectivity index (χ0) is 12.5. The largest absolute Gasteiger partial charge is 0.450 e. The molecule has 1 aliphatic carbocycles. The van der Waals surface area contributed by atoms with Crippen molar-refractivity contribution in [2.75, 3.05) is 13.2 Å². The van der Waals surface area contributed by atoms with Crippen molar-refractivity contribution in [2.45, 2.75) is 64.8 Å². The summed E-state index contributed by atoms with van der Waals surface area (Å²) in [5, 5.41) is 0. The van der Waals surface area contributed by atoms with Crippen LogP contribution in [0, 0.1) is 5.41 Å². The Balaban J connectivity index is 2.16. The van der Waals surface area contributed by atoms with Crippen LogP contribution in [-0.4, -0.2) is 29.7 Å². The summed E-state index contributed by atoms with van der Waals surface area (Å²) in [5.41, 5.74) is 0.303. The van der Waals surface area contributed by atoms with Gasteiger partial charge in [-0.15, -0.1) is 0 Å². The smallest absolute Gasteiger partial charge is 0.410 e. The van der Waals surface area contributed by atoms with Gasteiger partial charge in [-0.2, -0.15) is 0 Å². The first kappa shape index (κ1) is 12.7. The number of amides is 1. The maximum absolute atomic E-state index is 12.0. The third kappa shape index (κ3) is 1.94. The van der Waals surface area contributed by atoms with E-state index in [0.29, 0.717) is 12.0 Å². The minimum atomic E-state index is -0.125. The lowest BCUT2D eigenvalue weighted by Crippen LogP contribution is -2.52. The van der Waals surface area contributed by atoms with Crippen LogP contribution in [0.2, 0.25) is 0 Å². The van der Waals surface area contributed by atoms with Gasteiger partial charge in [0.1, 0.15) is 0 Å². The number of likely N-dealkylation sites (tertiary alicyclic amines) is 1. The summed E-state index contributed by atoms with van der Waals surface area (Å²) in [5.74, 6) is 0. The van der Waals surface area contributed by atoms with Crippen molar-refractivity contribution in [3.8, 4) is 0 Å². The lowest BCUT2D eigenvalue weighted by molar-refractivity contribution is 0.0265. The van der Waals surface area contributed by atoms with Crippen LogP contribution in [0.4, 0.5) is 4.79 Å². The van der Waals surface area contributed by atoms with Crippen LogP contribution in [0.1, 0.15) is 59.3 Å². The molecule has 1 saturated carbocycles. The Kier molecular flexibility index (Phi) is 3.37. The van der Waals surface area contributed by atoms with Crippen LogP contribution in [0.15, 0.2) is 0 Å². The molecule has 2 fully saturated rings. The Labute approximate surface area is 105 Å². The highest BCUT2D eigenvalue weighted by Gasteiger charge is 2.55. The Morgan fingerprint density at radius 3 is 2.41 bits per heavy atom. The van der Waals surface area contributed by atoms with E-state index >= 15 is 0 Å². The number of rotatable bonds is 1. The second-order valence-electron chi connectivity index (χ2n) is 6.00. The average Bonchev–Trinajstić information content (AvgIpc) is 2.53. The van der Waals surface area contributed by atoms with Gasteiger partial charge in [-0.1, -0.05) is 19.3 Å². The van der Waals surface area contributed by atoms with E-state index in [-0.39, 0.29) is 11.6 Å². The molecule has 1 aliphatic heterocycles. The van der Waals surface area contributed by atoms with Gasteiger partial charge in [0.25, 0.3) is 0 Å². The number of ether oxygens (including phenoxy) is 1. The minimum absolute atomic E-state index is 0.0420. The molecule has 2 aliphatic rings. The van der Waals surface area contributed by atoms with Crippen LogP contribution in [0.5, 0.6) is 0 Å². The lowest BCUT2D eigenvalue weighted by atomic mass is 9.63. The summed E-state index contributed by atoms with van der Waals surface area (Å²) < 4.78 is 5.18. The molecule has 17 heavy (non-hydrogen) atoms. The molecular formula is C14H25NO2. The molecule has 0 aromatic rings. The van der Waals surface area contributed by atoms with Gasteiger partial charge in [0.05, 0.1) is 6.61 Å². The monoisotopic (exact) mass is 239 g/mol. The predicted molar refractivity (Wildman–Crippen MR) is 67.9 cm³/mol. The standard InChI is InChI=1S/C14H25NO2/c1-4-17-12(16)15-11-10-14(13(15,2)3)8-6-5-7-9-14/h4-11H2,1-3H3. The van der Waals surface area contributed by atoms with Crippen molar-refractivity contribution in [3.63, 3.8) is 0 Å². The van der Waals surface area contributed by atoms with Crippen molar-refractivity contribution in [1.29, 1.82) is 0 Å². The summed E-state index contributed by atoms with van der Waals surface area (Å²) in [7, 11) is 0. The third-order valence-corrected chi connectivity index (χ3v) is 5.09. The van der Waals surface area contributed by atoms with Crippen molar-refractivity contribution in [1.82, 2.24) is 4.90 Å². The minimum Gasteiger partial charge on any atom is -0.450 e. The van der Waals surface area contributed by atoms with Crippen molar-refractivity contribution >= 4 is 6.09 Å². The SMILES string of the molecule is CCOC(=O)N1CCC2(CCCCC2)C1(C)C. The first-order chi connectivity index (χ1) is 8.03. The molecule has 1 saturated heterocycles. The quantitative estimate of drug-likeness (QED) is 0.700. The van der Waals surface area contributed by atoms with E-state index in [1.807, 2.05) is 11.8 Å². The number of carbonyl (C=O) groups is 1. The van der Waals surface area contributed by atoms with Gasteiger partial charge in [-0.25, -0.2) is 4.79 Å². The second-order valence-corrected chi connectivity index (χ2v) is 6.00. The highest BCUT2D eigenvalue weighted by Crippen LogP contribution is 2.54. The molecule has 0 radical (unpaired) electrons. The molecule has 0 atom stereocenters. The Hall–Kier alpha value is -0.730. The van der Waals surface area contributed by atoms with E-state index in [9.17, 15) is 4.79 Å². The van der Waals surface area contributed by atoms with Gasteiger partial charge in [0, 0.05) is 12.1 Å². The maximum atomic E-state index is 12.0. The first-order valence-corrected chi connectivity index (χ1v) is 6.98. The molecule has 1 heterocycles. The summed E-state index contributed by atoms with van der Waals surface area (Å²) in [6, 6.07) is 0. The fraction of sp³-hybridized carbons (Fsp3) is 0.929. The molecule has 2 rings (SSSR count). The normalized spacial score (nSPS) is 26.2. The highest BCUT2D eigenvalue weighted by atomic mass is 16.6. The molecule has 0 aromatic heterocycles. The van der Waals surface area contributed by atoms with E-state index in [2.05, 4.69) is 13.8 Å². The van der Waals surface area contributed by atoms with Crippen molar-refractivity contribution in [3.05, 3.63) is 0 Å². The average molecular weight is 239 g/mol. The van der Waals surface area contributed by atoms with Crippen LogP contribution in [0.3, 0.4) is 0 Å². The molecule has 0 unspecified atom stereocenters. The lowest BCUT2D eigenvalue weighted by Gasteiger charge is -2.47. The molecule has 3 heteroatoms. The number of hydrogen-bond donors (Lipinski definition) is 0. The van der Waals surface area contributed by atoms with Crippen molar-refractivity contribution in [2.24, 2.45) is 5.41 Å². The Morgan fingerprint density at radius 2 is 1.82 bits per heavy atom. The van der Waals surface area contributed by atoms with Crippen LogP contribution in [0.25, 0.3) is 0 Å². The zero-order valence-electron chi connectivity index (χ0n) is 11.4. The third-order valence-electron chi connectivity index (χ3n) is 5.09. The molecule has 0 N–H and O–H groups in total. The highest BCUT2D eigenvalue weighted by molar-refractivity contribution is 5.69. The predicted octanol–water partition coefficient (Wildman–Crippen LogP) is 3.58. The topological polar surface area (TPSA) is 29.5 Å². The molecule has 1 spiro atoms. The summed E-state index contributed by atoms with van der Waals surface area (Å²) in [6.45, 7) is 7.66. The molecule has 98 valence electrons. The van der Waals surface area contributed by atoms with E-state index < -0.39 is 0 Å². The van der Waals surface area contributed by atoms with Gasteiger partial charge in [-0.3, -0.25) is 0 Å². The number of nitrogens with zero attached hydrogens (tertiary/aromatic N) is 1. The van der Waals surface area contributed by atoms with E-state index in [1.165, 1.54) is 32.1 Å². The number of carbonyl (C=O) groups excluding carboxylic acids is 1. The summed E-state index contributed by atoms with van der Waals surface area (Å²) in [4.78, 5) is 14.0. The molecule has 0 aromatic carbocycles. The Bertz CT molecular complexity index is 293. The molecule has 3 nitrogen and oxygen atoms in total. The van der Waals surface area contributed by atoms with Gasteiger partial charge >= 0.3 is 6.09 Å². The molecular weight excluding hydrogens is 214 g/mol. The fourth-order valence-corrected chi connectivity index (χ4v) is 3.81.